The van der Waals surface area contributed by atoms with E-state index in [0.29, 0.717) is 28.8 Å². The van der Waals surface area contributed by atoms with Crippen LogP contribution in [-0.4, -0.2) is 36.9 Å². The summed E-state index contributed by atoms with van der Waals surface area (Å²) in [5, 5.41) is 12.8. The van der Waals surface area contributed by atoms with Gasteiger partial charge in [-0.1, -0.05) is 73.5 Å². The number of para-hydroxylation sites is 1. The normalized spacial score (nSPS) is 15.6. The van der Waals surface area contributed by atoms with Crippen LogP contribution in [0, 0.1) is 5.92 Å². The molecule has 1 fully saturated rings. The molecule has 0 radical (unpaired) electrons. The van der Waals surface area contributed by atoms with E-state index in [4.69, 9.17) is 0 Å². The van der Waals surface area contributed by atoms with Crippen molar-refractivity contribution in [1.82, 2.24) is 24.5 Å². The van der Waals surface area contributed by atoms with E-state index < -0.39 is 0 Å². The van der Waals surface area contributed by atoms with Gasteiger partial charge in [0.25, 0.3) is 5.56 Å². The summed E-state index contributed by atoms with van der Waals surface area (Å²) in [5.74, 6) is 1.07. The zero-order valence-electron chi connectivity index (χ0n) is 19.3. The fraction of sp³-hybridized carbons (Fsp3) is 0.385. The molecule has 1 amide bonds. The predicted octanol–water partition coefficient (Wildman–Crippen LogP) is 4.27. The molecule has 1 saturated carbocycles. The molecule has 1 aliphatic rings. The molecule has 4 aromatic rings. The minimum atomic E-state index is -0.329. The van der Waals surface area contributed by atoms with Crippen molar-refractivity contribution in [3.05, 3.63) is 70.5 Å². The highest BCUT2D eigenvalue weighted by molar-refractivity contribution is 8.00. The first-order valence-corrected chi connectivity index (χ1v) is 12.8. The van der Waals surface area contributed by atoms with Gasteiger partial charge in [0.1, 0.15) is 0 Å². The van der Waals surface area contributed by atoms with Crippen molar-refractivity contribution in [2.24, 2.45) is 5.92 Å². The van der Waals surface area contributed by atoms with Crippen LogP contribution in [0.5, 0.6) is 0 Å². The van der Waals surface area contributed by atoms with Gasteiger partial charge < -0.3 is 5.32 Å². The van der Waals surface area contributed by atoms with Crippen molar-refractivity contribution in [1.29, 1.82) is 0 Å². The third-order valence-corrected chi connectivity index (χ3v) is 7.65. The standard InChI is InChI=1S/C26H29N5O2S/c1-18(23(32)27-16-19-10-4-2-5-11-19)34-26-29-28-25-30(17-20-12-6-3-7-13-20)24(33)21-14-8-9-15-22(21)31(25)26/h3,6-9,12-15,18-19H,2,4-5,10-11,16-17H2,1H3,(H,27,32). The van der Waals surface area contributed by atoms with Crippen molar-refractivity contribution in [2.45, 2.75) is 56.0 Å². The number of benzene rings is 2. The number of thioether (sulfide) groups is 1. The SMILES string of the molecule is CC(Sc1nnc2n(Cc3ccccc3)c(=O)c3ccccc3n12)C(=O)NCC1CCCCC1. The number of rotatable bonds is 7. The molecule has 34 heavy (non-hydrogen) atoms. The Morgan fingerprint density at radius 1 is 1.06 bits per heavy atom. The number of nitrogens with one attached hydrogen (secondary N) is 1. The summed E-state index contributed by atoms with van der Waals surface area (Å²) in [4.78, 5) is 26.2. The van der Waals surface area contributed by atoms with Crippen LogP contribution in [0.4, 0.5) is 0 Å². The fourth-order valence-corrected chi connectivity index (χ4v) is 5.59. The number of fused-ring (bicyclic) bond motifs is 3. The van der Waals surface area contributed by atoms with E-state index in [1.54, 1.807) is 4.57 Å². The van der Waals surface area contributed by atoms with Gasteiger partial charge in [0.05, 0.1) is 22.7 Å². The largest absolute Gasteiger partial charge is 0.355 e. The molecule has 0 bridgehead atoms. The molecule has 176 valence electrons. The van der Waals surface area contributed by atoms with Gasteiger partial charge >= 0.3 is 0 Å². The Hall–Kier alpha value is -3.13. The molecule has 1 aliphatic carbocycles. The Labute approximate surface area is 202 Å². The van der Waals surface area contributed by atoms with Crippen molar-refractivity contribution in [3.8, 4) is 0 Å². The second-order valence-electron chi connectivity index (χ2n) is 9.02. The molecule has 0 spiro atoms. The highest BCUT2D eigenvalue weighted by Crippen LogP contribution is 2.26. The number of nitrogens with zero attached hydrogens (tertiary/aromatic N) is 4. The summed E-state index contributed by atoms with van der Waals surface area (Å²) in [7, 11) is 0. The first kappa shape index (κ1) is 22.7. The maximum absolute atomic E-state index is 13.3. The van der Waals surface area contributed by atoms with E-state index >= 15 is 0 Å². The van der Waals surface area contributed by atoms with Crippen molar-refractivity contribution >= 4 is 34.3 Å². The Morgan fingerprint density at radius 3 is 2.59 bits per heavy atom. The van der Waals surface area contributed by atoms with Crippen molar-refractivity contribution in [2.75, 3.05) is 6.54 Å². The summed E-state index contributed by atoms with van der Waals surface area (Å²) in [6, 6.07) is 17.3. The summed E-state index contributed by atoms with van der Waals surface area (Å²) in [6.45, 7) is 3.03. The average Bonchev–Trinajstić information content (AvgIpc) is 3.29. The minimum Gasteiger partial charge on any atom is -0.355 e. The highest BCUT2D eigenvalue weighted by Gasteiger charge is 2.22. The molecule has 2 heterocycles. The van der Waals surface area contributed by atoms with E-state index in [0.717, 1.165) is 17.6 Å². The van der Waals surface area contributed by atoms with E-state index in [2.05, 4.69) is 15.5 Å². The fourth-order valence-electron chi connectivity index (χ4n) is 4.71. The van der Waals surface area contributed by atoms with E-state index in [9.17, 15) is 9.59 Å². The van der Waals surface area contributed by atoms with E-state index in [1.165, 1.54) is 43.9 Å². The number of amides is 1. The molecule has 1 atom stereocenters. The zero-order valence-corrected chi connectivity index (χ0v) is 20.1. The smallest absolute Gasteiger partial charge is 0.263 e. The molecule has 0 aliphatic heterocycles. The molecule has 5 rings (SSSR count). The molecular weight excluding hydrogens is 446 g/mol. The maximum atomic E-state index is 13.3. The third-order valence-electron chi connectivity index (χ3n) is 6.60. The molecule has 8 heteroatoms. The lowest BCUT2D eigenvalue weighted by Gasteiger charge is -2.22. The van der Waals surface area contributed by atoms with Gasteiger partial charge in [-0.15, -0.1) is 10.2 Å². The van der Waals surface area contributed by atoms with E-state index in [-0.39, 0.29) is 16.7 Å². The number of hydrogen-bond donors (Lipinski definition) is 1. The molecule has 2 aromatic heterocycles. The second kappa shape index (κ2) is 10.0. The summed E-state index contributed by atoms with van der Waals surface area (Å²) < 4.78 is 3.55. The van der Waals surface area contributed by atoms with Crippen LogP contribution in [0.15, 0.2) is 64.5 Å². The molecule has 1 N–H and O–H groups in total. The van der Waals surface area contributed by atoms with Crippen molar-refractivity contribution in [3.63, 3.8) is 0 Å². The van der Waals surface area contributed by atoms with Crippen molar-refractivity contribution < 1.29 is 4.79 Å². The second-order valence-corrected chi connectivity index (χ2v) is 10.3. The van der Waals surface area contributed by atoms with Crippen LogP contribution in [0.1, 0.15) is 44.6 Å². The van der Waals surface area contributed by atoms with Crippen LogP contribution in [0.2, 0.25) is 0 Å². The Kier molecular flexibility index (Phi) is 6.67. The molecule has 7 nitrogen and oxygen atoms in total. The number of aromatic nitrogens is 4. The summed E-state index contributed by atoms with van der Waals surface area (Å²) >= 11 is 1.37. The lowest BCUT2D eigenvalue weighted by Crippen LogP contribution is -2.35. The van der Waals surface area contributed by atoms with Gasteiger partial charge in [-0.3, -0.25) is 18.6 Å². The van der Waals surface area contributed by atoms with Gasteiger partial charge in [-0.2, -0.15) is 0 Å². The average molecular weight is 476 g/mol. The van der Waals surface area contributed by atoms with Crippen LogP contribution < -0.4 is 10.9 Å². The quantitative estimate of drug-likeness (QED) is 0.404. The monoisotopic (exact) mass is 475 g/mol. The summed E-state index contributed by atoms with van der Waals surface area (Å²) in [6.07, 6.45) is 6.21. The lowest BCUT2D eigenvalue weighted by molar-refractivity contribution is -0.120. The molecule has 2 aromatic carbocycles. The van der Waals surface area contributed by atoms with Gasteiger partial charge in [0.15, 0.2) is 5.16 Å². The van der Waals surface area contributed by atoms with Gasteiger partial charge in [0, 0.05) is 6.54 Å². The summed E-state index contributed by atoms with van der Waals surface area (Å²) in [5.41, 5.74) is 1.65. The Bertz CT molecular complexity index is 1360. The Morgan fingerprint density at radius 2 is 1.79 bits per heavy atom. The topological polar surface area (TPSA) is 81.3 Å². The molecule has 0 saturated heterocycles. The van der Waals surface area contributed by atoms with Gasteiger partial charge in [0.2, 0.25) is 11.7 Å². The number of carbonyl (C=O) groups is 1. The maximum Gasteiger partial charge on any atom is 0.263 e. The number of carbonyl (C=O) groups excluding carboxylic acids is 1. The van der Waals surface area contributed by atoms with Gasteiger partial charge in [-0.05, 0) is 43.4 Å². The van der Waals surface area contributed by atoms with E-state index in [1.807, 2.05) is 65.9 Å². The van der Waals surface area contributed by atoms with Crippen LogP contribution in [0.25, 0.3) is 16.7 Å². The number of hydrogen-bond acceptors (Lipinski definition) is 5. The third kappa shape index (κ3) is 4.59. The Balaban J connectivity index is 1.45. The zero-order chi connectivity index (χ0) is 23.5. The first-order chi connectivity index (χ1) is 16.6. The van der Waals surface area contributed by atoms with Gasteiger partial charge in [-0.25, -0.2) is 0 Å². The highest BCUT2D eigenvalue weighted by atomic mass is 32.2. The molecule has 1 unspecified atom stereocenters. The first-order valence-electron chi connectivity index (χ1n) is 12.0. The minimum absolute atomic E-state index is 0.00855. The molecular formula is C26H29N5O2S. The van der Waals surface area contributed by atoms with Crippen LogP contribution >= 0.6 is 11.8 Å². The van der Waals surface area contributed by atoms with Crippen LogP contribution in [0.3, 0.4) is 0 Å². The predicted molar refractivity (Wildman–Crippen MR) is 135 cm³/mol. The van der Waals surface area contributed by atoms with Crippen LogP contribution in [-0.2, 0) is 11.3 Å². The lowest BCUT2D eigenvalue weighted by atomic mass is 9.89.